The second kappa shape index (κ2) is 9.42. The van der Waals surface area contributed by atoms with E-state index < -0.39 is 0 Å². The van der Waals surface area contributed by atoms with E-state index in [2.05, 4.69) is 25.1 Å². The SMILES string of the molecule is CCCCCC1CCC(C2CCC(c3ccc(C#N)cc3)CC2)CC1. The van der Waals surface area contributed by atoms with E-state index in [1.165, 1.54) is 82.6 Å². The monoisotopic (exact) mass is 337 g/mol. The van der Waals surface area contributed by atoms with E-state index in [1.807, 2.05) is 12.1 Å². The van der Waals surface area contributed by atoms with Crippen molar-refractivity contribution in [2.45, 2.75) is 89.9 Å². The van der Waals surface area contributed by atoms with Gasteiger partial charge in [0.25, 0.3) is 0 Å². The van der Waals surface area contributed by atoms with Crippen molar-refractivity contribution >= 4 is 0 Å². The third kappa shape index (κ3) is 5.10. The van der Waals surface area contributed by atoms with Gasteiger partial charge in [0.15, 0.2) is 0 Å². The maximum atomic E-state index is 8.95. The van der Waals surface area contributed by atoms with Crippen LogP contribution in [0.4, 0.5) is 0 Å². The molecular weight excluding hydrogens is 302 g/mol. The van der Waals surface area contributed by atoms with Gasteiger partial charge in [-0.3, -0.25) is 0 Å². The van der Waals surface area contributed by atoms with Gasteiger partial charge in [-0.05, 0) is 79.9 Å². The molecule has 1 heteroatoms. The maximum Gasteiger partial charge on any atom is 0.0991 e. The Hall–Kier alpha value is -1.29. The van der Waals surface area contributed by atoms with Gasteiger partial charge in [-0.25, -0.2) is 0 Å². The highest BCUT2D eigenvalue weighted by Crippen LogP contribution is 2.44. The lowest BCUT2D eigenvalue weighted by Crippen LogP contribution is -2.25. The number of benzene rings is 1. The van der Waals surface area contributed by atoms with E-state index in [0.29, 0.717) is 0 Å². The first-order valence-electron chi connectivity index (χ1n) is 10.8. The molecule has 0 amide bonds. The van der Waals surface area contributed by atoms with Crippen LogP contribution in [0.1, 0.15) is 101 Å². The molecular formula is C24H35N. The van der Waals surface area contributed by atoms with Crippen molar-refractivity contribution in [1.29, 1.82) is 5.26 Å². The first-order chi connectivity index (χ1) is 12.3. The number of nitrogens with zero attached hydrogens (tertiary/aromatic N) is 1. The number of nitriles is 1. The molecule has 1 nitrogen and oxygen atoms in total. The molecule has 0 heterocycles. The highest BCUT2D eigenvalue weighted by molar-refractivity contribution is 5.33. The van der Waals surface area contributed by atoms with E-state index in [0.717, 1.165) is 29.2 Å². The van der Waals surface area contributed by atoms with Gasteiger partial charge in [-0.2, -0.15) is 5.26 Å². The highest BCUT2D eigenvalue weighted by atomic mass is 14.4. The average molecular weight is 338 g/mol. The summed E-state index contributed by atoms with van der Waals surface area (Å²) >= 11 is 0. The Morgan fingerprint density at radius 2 is 1.44 bits per heavy atom. The predicted molar refractivity (Wildman–Crippen MR) is 105 cm³/mol. The average Bonchev–Trinajstić information content (AvgIpc) is 2.69. The van der Waals surface area contributed by atoms with Gasteiger partial charge in [0.2, 0.25) is 0 Å². The molecule has 2 fully saturated rings. The minimum Gasteiger partial charge on any atom is -0.192 e. The first-order valence-corrected chi connectivity index (χ1v) is 10.8. The summed E-state index contributed by atoms with van der Waals surface area (Å²) in [6, 6.07) is 10.6. The Balaban J connectivity index is 1.41. The van der Waals surface area contributed by atoms with Crippen LogP contribution < -0.4 is 0 Å². The number of unbranched alkanes of at least 4 members (excludes halogenated alkanes) is 2. The van der Waals surface area contributed by atoms with Crippen LogP contribution in [-0.4, -0.2) is 0 Å². The molecule has 1 aromatic rings. The minimum absolute atomic E-state index is 0.731. The third-order valence-corrected chi connectivity index (χ3v) is 7.06. The molecule has 0 atom stereocenters. The molecule has 0 aromatic heterocycles. The third-order valence-electron chi connectivity index (χ3n) is 7.06. The van der Waals surface area contributed by atoms with Crippen LogP contribution in [-0.2, 0) is 0 Å². The smallest absolute Gasteiger partial charge is 0.0991 e. The predicted octanol–water partition coefficient (Wildman–Crippen LogP) is 7.22. The largest absolute Gasteiger partial charge is 0.192 e. The molecule has 0 unspecified atom stereocenters. The van der Waals surface area contributed by atoms with Crippen LogP contribution in [0.5, 0.6) is 0 Å². The molecule has 25 heavy (non-hydrogen) atoms. The second-order valence-corrected chi connectivity index (χ2v) is 8.62. The molecule has 0 saturated heterocycles. The molecule has 2 aliphatic carbocycles. The van der Waals surface area contributed by atoms with E-state index in [-0.39, 0.29) is 0 Å². The van der Waals surface area contributed by atoms with Crippen molar-refractivity contribution in [2.75, 3.05) is 0 Å². The van der Waals surface area contributed by atoms with Crippen LogP contribution in [0, 0.1) is 29.1 Å². The van der Waals surface area contributed by atoms with Gasteiger partial charge >= 0.3 is 0 Å². The van der Waals surface area contributed by atoms with E-state index in [1.54, 1.807) is 0 Å². The van der Waals surface area contributed by atoms with E-state index in [9.17, 15) is 0 Å². The molecule has 0 radical (unpaired) electrons. The number of rotatable bonds is 6. The molecule has 1 aromatic carbocycles. The molecule has 2 aliphatic rings. The standard InChI is InChI=1S/C24H35N/c1-2-3-4-5-19-6-10-21(11-7-19)23-14-16-24(17-15-23)22-12-8-20(18-25)9-13-22/h8-9,12-13,19,21,23-24H,2-7,10-11,14-17H2,1H3. The van der Waals surface area contributed by atoms with Gasteiger partial charge in [0, 0.05) is 0 Å². The fourth-order valence-electron chi connectivity index (χ4n) is 5.39. The lowest BCUT2D eigenvalue weighted by Gasteiger charge is -2.38. The first kappa shape index (κ1) is 18.5. The summed E-state index contributed by atoms with van der Waals surface area (Å²) in [5.74, 6) is 3.78. The number of hydrogen-bond donors (Lipinski definition) is 0. The zero-order valence-corrected chi connectivity index (χ0v) is 16.1. The van der Waals surface area contributed by atoms with Crippen molar-refractivity contribution in [3.63, 3.8) is 0 Å². The summed E-state index contributed by atoms with van der Waals surface area (Å²) in [5.41, 5.74) is 2.24. The minimum atomic E-state index is 0.731. The topological polar surface area (TPSA) is 23.8 Å². The summed E-state index contributed by atoms with van der Waals surface area (Å²) in [6.45, 7) is 2.31. The zero-order chi connectivity index (χ0) is 17.5. The number of hydrogen-bond acceptors (Lipinski definition) is 1. The van der Waals surface area contributed by atoms with Gasteiger partial charge in [0.1, 0.15) is 0 Å². The maximum absolute atomic E-state index is 8.95. The lowest BCUT2D eigenvalue weighted by molar-refractivity contribution is 0.155. The van der Waals surface area contributed by atoms with Gasteiger partial charge in [-0.1, -0.05) is 57.6 Å². The van der Waals surface area contributed by atoms with Gasteiger partial charge in [0.05, 0.1) is 11.6 Å². The van der Waals surface area contributed by atoms with Crippen molar-refractivity contribution in [2.24, 2.45) is 17.8 Å². The summed E-state index contributed by atoms with van der Waals surface area (Å²) in [7, 11) is 0. The Morgan fingerprint density at radius 1 is 0.840 bits per heavy atom. The normalized spacial score (nSPS) is 29.9. The fourth-order valence-corrected chi connectivity index (χ4v) is 5.39. The van der Waals surface area contributed by atoms with Crippen molar-refractivity contribution in [3.8, 4) is 6.07 Å². The van der Waals surface area contributed by atoms with Crippen LogP contribution in [0.15, 0.2) is 24.3 Å². The molecule has 0 bridgehead atoms. The molecule has 2 saturated carbocycles. The fraction of sp³-hybridized carbons (Fsp3) is 0.708. The zero-order valence-electron chi connectivity index (χ0n) is 16.1. The van der Waals surface area contributed by atoms with Gasteiger partial charge < -0.3 is 0 Å². The van der Waals surface area contributed by atoms with Crippen molar-refractivity contribution in [1.82, 2.24) is 0 Å². The van der Waals surface area contributed by atoms with Gasteiger partial charge in [-0.15, -0.1) is 0 Å². The van der Waals surface area contributed by atoms with Crippen LogP contribution in [0.2, 0.25) is 0 Å². The Kier molecular flexibility index (Phi) is 6.97. The molecule has 0 spiro atoms. The van der Waals surface area contributed by atoms with Crippen molar-refractivity contribution in [3.05, 3.63) is 35.4 Å². The summed E-state index contributed by atoms with van der Waals surface area (Å²) < 4.78 is 0. The Bertz CT molecular complexity index is 536. The van der Waals surface area contributed by atoms with Crippen molar-refractivity contribution < 1.29 is 0 Å². The van der Waals surface area contributed by atoms with E-state index in [4.69, 9.17) is 5.26 Å². The molecule has 3 rings (SSSR count). The highest BCUT2D eigenvalue weighted by Gasteiger charge is 2.31. The van der Waals surface area contributed by atoms with Crippen LogP contribution in [0.25, 0.3) is 0 Å². The molecule has 136 valence electrons. The Labute approximate surface area is 154 Å². The summed E-state index contributed by atoms with van der Waals surface area (Å²) in [5, 5.41) is 8.95. The van der Waals surface area contributed by atoms with E-state index >= 15 is 0 Å². The molecule has 0 aliphatic heterocycles. The quantitative estimate of drug-likeness (QED) is 0.503. The summed E-state index contributed by atoms with van der Waals surface area (Å²) in [6.07, 6.45) is 17.3. The van der Waals surface area contributed by atoms with Crippen LogP contribution >= 0.6 is 0 Å². The summed E-state index contributed by atoms with van der Waals surface area (Å²) in [4.78, 5) is 0. The lowest BCUT2D eigenvalue weighted by atomic mass is 9.68. The Morgan fingerprint density at radius 3 is 2.00 bits per heavy atom. The molecule has 0 N–H and O–H groups in total. The second-order valence-electron chi connectivity index (χ2n) is 8.62. The van der Waals surface area contributed by atoms with Crippen LogP contribution in [0.3, 0.4) is 0 Å².